The predicted molar refractivity (Wildman–Crippen MR) is 260 cm³/mol. The highest BCUT2D eigenvalue weighted by Gasteiger charge is 2.64. The number of hydrogen-bond donors (Lipinski definition) is 4. The third-order valence-corrected chi connectivity index (χ3v) is 16.5. The molecule has 5 aliphatic heterocycles. The van der Waals surface area contributed by atoms with Crippen molar-refractivity contribution in [2.24, 2.45) is 27.7 Å². The van der Waals surface area contributed by atoms with Crippen molar-refractivity contribution >= 4 is 56.6 Å². The Morgan fingerprint density at radius 2 is 1.76 bits per heavy atom. The molecule has 16 nitrogen and oxygen atoms in total. The maximum Gasteiger partial charge on any atom is 0.244 e. The Morgan fingerprint density at radius 1 is 1.01 bits per heavy atom. The number of sulfonamides is 1. The minimum Gasteiger partial charge on any atom is -0.489 e. The number of hydrogen-bond acceptors (Lipinski definition) is 13. The van der Waals surface area contributed by atoms with E-state index in [-0.39, 0.29) is 64.7 Å². The molecule has 0 spiro atoms. The van der Waals surface area contributed by atoms with Crippen molar-refractivity contribution in [1.82, 2.24) is 30.7 Å². The number of rotatable bonds is 14. The van der Waals surface area contributed by atoms with E-state index in [0.717, 1.165) is 49.4 Å². The predicted octanol–water partition coefficient (Wildman–Crippen LogP) is 4.93. The molecule has 3 aromatic rings. The summed E-state index contributed by atoms with van der Waals surface area (Å²) in [6.45, 7) is 14.7. The maximum atomic E-state index is 13.6. The summed E-state index contributed by atoms with van der Waals surface area (Å²) in [6.07, 6.45) is 4.07. The summed E-state index contributed by atoms with van der Waals surface area (Å²) in [5, 5.41) is 19.7. The van der Waals surface area contributed by atoms with Gasteiger partial charge in [-0.1, -0.05) is 45.4 Å². The second-order valence-electron chi connectivity index (χ2n) is 20.0. The van der Waals surface area contributed by atoms with Gasteiger partial charge in [0.2, 0.25) is 21.8 Å². The lowest BCUT2D eigenvalue weighted by molar-refractivity contribution is -0.174. The molecule has 0 aromatic heterocycles. The third-order valence-electron chi connectivity index (χ3n) is 14.9. The molecule has 18 heteroatoms. The first-order valence-corrected chi connectivity index (χ1v) is 25.2. The highest BCUT2D eigenvalue weighted by molar-refractivity contribution is 7.92. The van der Waals surface area contributed by atoms with E-state index in [9.17, 15) is 23.3 Å². The lowest BCUT2D eigenvalue weighted by Crippen LogP contribution is -2.75. The van der Waals surface area contributed by atoms with Gasteiger partial charge in [0.15, 0.2) is 6.29 Å². The van der Waals surface area contributed by atoms with E-state index in [4.69, 9.17) is 26.1 Å². The molecular formula is C49H61ClN10O6S. The van der Waals surface area contributed by atoms with Crippen LogP contribution in [0.5, 0.6) is 17.2 Å². The zero-order chi connectivity index (χ0) is 47.6. The number of amides is 2. The van der Waals surface area contributed by atoms with Crippen LogP contribution in [0, 0.1) is 34.0 Å². The average Bonchev–Trinajstić information content (AvgIpc) is 3.76. The molecule has 67 heavy (non-hydrogen) atoms. The van der Waals surface area contributed by atoms with Crippen molar-refractivity contribution in [1.29, 1.82) is 5.26 Å². The fourth-order valence-electron chi connectivity index (χ4n) is 11.1. The van der Waals surface area contributed by atoms with Crippen molar-refractivity contribution in [2.75, 3.05) is 68.7 Å². The molecule has 3 saturated heterocycles. The fraction of sp³-hybridized carbons (Fsp3) is 0.510. The molecule has 4 fully saturated rings. The molecule has 1 aliphatic carbocycles. The van der Waals surface area contributed by atoms with E-state index < -0.39 is 10.0 Å². The number of likely N-dealkylation sites (tertiary alicyclic amines) is 1. The van der Waals surface area contributed by atoms with Crippen molar-refractivity contribution < 1.29 is 27.5 Å². The first-order chi connectivity index (χ1) is 31.9. The molecule has 4 N–H and O–H groups in total. The minimum atomic E-state index is -3.51. The van der Waals surface area contributed by atoms with E-state index in [2.05, 4.69) is 82.3 Å². The second kappa shape index (κ2) is 18.0. The molecule has 356 valence electrons. The van der Waals surface area contributed by atoms with Crippen molar-refractivity contribution in [2.45, 2.75) is 77.6 Å². The number of aliphatic imine (C=N–C) groups is 1. The van der Waals surface area contributed by atoms with Gasteiger partial charge in [-0.15, -0.1) is 0 Å². The summed E-state index contributed by atoms with van der Waals surface area (Å²) in [5.41, 5.74) is 2.85. The highest BCUT2D eigenvalue weighted by Crippen LogP contribution is 2.56. The van der Waals surface area contributed by atoms with Gasteiger partial charge in [0, 0.05) is 116 Å². The van der Waals surface area contributed by atoms with Gasteiger partial charge < -0.3 is 29.9 Å². The highest BCUT2D eigenvalue weighted by atomic mass is 35.5. The Hall–Kier alpha value is -5.22. The molecule has 1 saturated carbocycles. The number of nitrogens with one attached hydrogen (secondary N) is 4. The lowest BCUT2D eigenvalue weighted by atomic mass is 9.49. The lowest BCUT2D eigenvalue weighted by Gasteiger charge is -2.63. The van der Waals surface area contributed by atoms with Crippen molar-refractivity contribution in [3.63, 3.8) is 0 Å². The zero-order valence-corrected chi connectivity index (χ0v) is 40.7. The van der Waals surface area contributed by atoms with Gasteiger partial charge in [-0.3, -0.25) is 34.4 Å². The molecule has 3 aromatic carbocycles. The third kappa shape index (κ3) is 9.00. The number of fused-ring (bicyclic) bond motifs is 1. The molecule has 4 atom stereocenters. The fourth-order valence-corrected chi connectivity index (χ4v) is 11.9. The van der Waals surface area contributed by atoms with Crippen LogP contribution in [0.1, 0.15) is 52.2 Å². The van der Waals surface area contributed by atoms with Gasteiger partial charge in [0.25, 0.3) is 0 Å². The smallest absolute Gasteiger partial charge is 0.244 e. The number of benzene rings is 3. The molecule has 5 heterocycles. The van der Waals surface area contributed by atoms with Crippen LogP contribution in [-0.4, -0.2) is 137 Å². The molecule has 6 aliphatic rings. The zero-order valence-electron chi connectivity index (χ0n) is 39.1. The normalized spacial score (nSPS) is 27.0. The second-order valence-corrected chi connectivity index (χ2v) is 22.4. The Kier molecular flexibility index (Phi) is 12.6. The van der Waals surface area contributed by atoms with Crippen LogP contribution in [0.25, 0.3) is 5.57 Å². The molecule has 2 amide bonds. The SMILES string of the molecule is CCS(=O)(=O)Nc1ccc(Oc2cccc(N3CC(N(C)C4CN(C5N=CC(C(=O)NC6C(C)(C)C(Oc7ccc(C#N)c(Cl)c7)C6(C)C)CN5)C4)C3)c2)c(C2=CN(C)C(=O)C3NCCC23)c1. The van der Waals surface area contributed by atoms with Gasteiger partial charge in [-0.2, -0.15) is 5.26 Å². The van der Waals surface area contributed by atoms with Crippen LogP contribution in [0.3, 0.4) is 0 Å². The Morgan fingerprint density at radius 3 is 2.45 bits per heavy atom. The van der Waals surface area contributed by atoms with Gasteiger partial charge in [-0.25, -0.2) is 8.42 Å². The maximum absolute atomic E-state index is 13.6. The average molecular weight is 954 g/mol. The number of carbonyl (C=O) groups excluding carboxylic acids is 2. The molecular weight excluding hydrogens is 892 g/mol. The summed E-state index contributed by atoms with van der Waals surface area (Å²) in [4.78, 5) is 40.1. The van der Waals surface area contributed by atoms with Crippen LogP contribution in [0.15, 0.2) is 71.9 Å². The standard InChI is InChI=1S/C49H61ClN10O6S/c1-8-67(63,64)56-31-13-15-41(38(18-31)39-28-57(6)44(62)42-37(39)16-17-52-42)65-35-11-9-10-32(19-35)59-24-33(25-59)58(7)34-26-60(27-34)47-53-22-30(23-54-47)43(61)55-45-48(2,3)46(49(45,4)5)66-36-14-12-29(21-51)40(50)20-36/h9-15,18-20,22,28,30,33-34,37,42,45-47,52,54,56H,8,16-17,23-27H2,1-7H3,(H,55,61). The summed E-state index contributed by atoms with van der Waals surface area (Å²) in [5.74, 6) is 1.29. The van der Waals surface area contributed by atoms with Crippen molar-refractivity contribution in [3.8, 4) is 23.3 Å². The van der Waals surface area contributed by atoms with Crippen LogP contribution in [0.4, 0.5) is 11.4 Å². The summed E-state index contributed by atoms with van der Waals surface area (Å²) >= 11 is 6.27. The number of ether oxygens (including phenoxy) is 2. The van der Waals surface area contributed by atoms with E-state index in [0.29, 0.717) is 58.7 Å². The van der Waals surface area contributed by atoms with Gasteiger partial charge in [-0.05, 0) is 75.0 Å². The van der Waals surface area contributed by atoms with Crippen LogP contribution < -0.4 is 35.0 Å². The quantitative estimate of drug-likeness (QED) is 0.171. The Bertz CT molecular complexity index is 2620. The summed E-state index contributed by atoms with van der Waals surface area (Å²) < 4.78 is 40.8. The Balaban J connectivity index is 0.766. The van der Waals surface area contributed by atoms with Crippen LogP contribution in [0.2, 0.25) is 5.02 Å². The Labute approximate surface area is 398 Å². The topological polar surface area (TPSA) is 184 Å². The van der Waals surface area contributed by atoms with Crippen LogP contribution in [-0.2, 0) is 19.6 Å². The van der Waals surface area contributed by atoms with E-state index >= 15 is 0 Å². The number of anilines is 2. The van der Waals surface area contributed by atoms with Gasteiger partial charge in [0.05, 0.1) is 28.3 Å². The molecule has 4 unspecified atom stereocenters. The molecule has 0 radical (unpaired) electrons. The monoisotopic (exact) mass is 952 g/mol. The minimum absolute atomic E-state index is 0.0131. The van der Waals surface area contributed by atoms with Gasteiger partial charge >= 0.3 is 0 Å². The first-order valence-electron chi connectivity index (χ1n) is 23.2. The molecule has 9 rings (SSSR count). The number of nitrogens with zero attached hydrogens (tertiary/aromatic N) is 6. The number of nitriles is 1. The van der Waals surface area contributed by atoms with Gasteiger partial charge in [0.1, 0.15) is 29.4 Å². The number of likely N-dealkylation sites (N-methyl/N-ethyl adjacent to an activating group) is 2. The largest absolute Gasteiger partial charge is 0.489 e. The first kappa shape index (κ1) is 46.9. The molecule has 0 bridgehead atoms. The summed E-state index contributed by atoms with van der Waals surface area (Å²) in [6, 6.07) is 20.8. The number of halogens is 1. The summed E-state index contributed by atoms with van der Waals surface area (Å²) in [7, 11) is 0.427. The van der Waals surface area contributed by atoms with Crippen LogP contribution >= 0.6 is 11.6 Å². The number of carbonyl (C=O) groups is 2. The van der Waals surface area contributed by atoms with E-state index in [1.54, 1.807) is 55.4 Å². The van der Waals surface area contributed by atoms with E-state index in [1.165, 1.54) is 0 Å². The van der Waals surface area contributed by atoms with E-state index in [1.807, 2.05) is 30.5 Å². The van der Waals surface area contributed by atoms with Crippen molar-refractivity contribution in [3.05, 3.63) is 83.0 Å².